The summed E-state index contributed by atoms with van der Waals surface area (Å²) in [5, 5.41) is 9.33. The highest BCUT2D eigenvalue weighted by atomic mass is 16.4. The molecule has 1 fully saturated rings. The maximum absolute atomic E-state index is 12.8. The molecular formula is C16H19NO4. The Hall–Kier alpha value is -2.04. The van der Waals surface area contributed by atoms with Gasteiger partial charge in [-0.25, -0.2) is 0 Å². The molecule has 2 atom stereocenters. The first kappa shape index (κ1) is 13.9. The third-order valence-electron chi connectivity index (χ3n) is 4.24. The zero-order valence-corrected chi connectivity index (χ0v) is 11.8. The molecule has 2 aliphatic rings. The minimum Gasteiger partial charge on any atom is -0.481 e. The number of nitrogens with zero attached hydrogens (tertiary/aromatic N) is 1. The number of carboxylic acid groups (broad SMARTS) is 1. The quantitative estimate of drug-likeness (QED) is 0.845. The molecule has 1 aromatic heterocycles. The largest absolute Gasteiger partial charge is 0.481 e. The number of hydrogen-bond acceptors (Lipinski definition) is 3. The molecule has 0 aromatic carbocycles. The zero-order valence-electron chi connectivity index (χ0n) is 11.8. The summed E-state index contributed by atoms with van der Waals surface area (Å²) in [7, 11) is 0. The second-order valence-corrected chi connectivity index (χ2v) is 5.77. The molecule has 2 unspecified atom stereocenters. The van der Waals surface area contributed by atoms with Gasteiger partial charge in [-0.05, 0) is 37.8 Å². The van der Waals surface area contributed by atoms with Gasteiger partial charge in [0.05, 0.1) is 24.6 Å². The Bertz CT molecular complexity index is 545. The molecule has 1 N–H and O–H groups in total. The number of carbonyl (C=O) groups is 2. The lowest BCUT2D eigenvalue weighted by molar-refractivity contribution is -0.151. The molecule has 1 amide bonds. The minimum absolute atomic E-state index is 0.0503. The molecule has 2 aliphatic carbocycles. The number of aliphatic carboxylic acids is 1. The fourth-order valence-corrected chi connectivity index (χ4v) is 2.92. The molecule has 0 aliphatic heterocycles. The molecule has 5 nitrogen and oxygen atoms in total. The van der Waals surface area contributed by atoms with E-state index in [0.717, 1.165) is 18.6 Å². The van der Waals surface area contributed by atoms with Crippen molar-refractivity contribution in [1.29, 1.82) is 0 Å². The van der Waals surface area contributed by atoms with Gasteiger partial charge in [0.2, 0.25) is 5.91 Å². The molecule has 3 rings (SSSR count). The van der Waals surface area contributed by atoms with Crippen molar-refractivity contribution in [3.8, 4) is 0 Å². The highest BCUT2D eigenvalue weighted by Crippen LogP contribution is 2.34. The first-order chi connectivity index (χ1) is 10.2. The summed E-state index contributed by atoms with van der Waals surface area (Å²) in [4.78, 5) is 26.0. The van der Waals surface area contributed by atoms with Crippen molar-refractivity contribution in [1.82, 2.24) is 4.90 Å². The summed E-state index contributed by atoms with van der Waals surface area (Å²) in [6.45, 7) is 0.434. The standard InChI is InChI=1S/C16H19NO4/c18-15(13-5-1-2-6-14(13)16(19)20)17(11-7-8-11)10-12-4-3-9-21-12/h1-4,9,11,13-14H,5-8,10H2,(H,19,20). The summed E-state index contributed by atoms with van der Waals surface area (Å²) in [5.41, 5.74) is 0. The second-order valence-electron chi connectivity index (χ2n) is 5.77. The Balaban J connectivity index is 1.76. The predicted octanol–water partition coefficient (Wildman–Crippen LogP) is 2.44. The number of allylic oxidation sites excluding steroid dienone is 2. The van der Waals surface area contributed by atoms with Crippen LogP contribution in [0.3, 0.4) is 0 Å². The van der Waals surface area contributed by atoms with Gasteiger partial charge in [0.25, 0.3) is 0 Å². The fourth-order valence-electron chi connectivity index (χ4n) is 2.92. The SMILES string of the molecule is O=C(O)C1CC=CCC1C(=O)N(Cc1ccco1)C1CC1. The summed E-state index contributed by atoms with van der Waals surface area (Å²) in [6.07, 6.45) is 8.30. The van der Waals surface area contributed by atoms with E-state index in [1.54, 1.807) is 17.2 Å². The Morgan fingerprint density at radius 1 is 1.24 bits per heavy atom. The number of carbonyl (C=O) groups excluding carboxylic acids is 1. The van der Waals surface area contributed by atoms with Crippen LogP contribution in [0.15, 0.2) is 35.0 Å². The molecule has 21 heavy (non-hydrogen) atoms. The van der Waals surface area contributed by atoms with Crippen LogP contribution in [0.5, 0.6) is 0 Å². The van der Waals surface area contributed by atoms with E-state index in [4.69, 9.17) is 4.42 Å². The van der Waals surface area contributed by atoms with Gasteiger partial charge in [-0.1, -0.05) is 12.2 Å². The van der Waals surface area contributed by atoms with Crippen LogP contribution < -0.4 is 0 Å². The molecule has 0 bridgehead atoms. The molecule has 1 saturated carbocycles. The van der Waals surface area contributed by atoms with Crippen LogP contribution in [-0.4, -0.2) is 27.9 Å². The van der Waals surface area contributed by atoms with Crippen molar-refractivity contribution in [3.05, 3.63) is 36.3 Å². The lowest BCUT2D eigenvalue weighted by Crippen LogP contribution is -2.42. The highest BCUT2D eigenvalue weighted by molar-refractivity contribution is 5.85. The lowest BCUT2D eigenvalue weighted by atomic mass is 9.82. The summed E-state index contributed by atoms with van der Waals surface area (Å²) >= 11 is 0. The van der Waals surface area contributed by atoms with Gasteiger partial charge in [-0.2, -0.15) is 0 Å². The van der Waals surface area contributed by atoms with Gasteiger partial charge in [-0.15, -0.1) is 0 Å². The highest BCUT2D eigenvalue weighted by Gasteiger charge is 2.41. The Labute approximate surface area is 123 Å². The van der Waals surface area contributed by atoms with Crippen LogP contribution in [0, 0.1) is 11.8 Å². The molecule has 0 spiro atoms. The van der Waals surface area contributed by atoms with Crippen molar-refractivity contribution in [2.24, 2.45) is 11.8 Å². The van der Waals surface area contributed by atoms with Crippen LogP contribution in [0.2, 0.25) is 0 Å². The Morgan fingerprint density at radius 2 is 1.95 bits per heavy atom. The number of rotatable bonds is 5. The van der Waals surface area contributed by atoms with Gasteiger partial charge >= 0.3 is 5.97 Å². The molecule has 0 radical (unpaired) electrons. The van der Waals surface area contributed by atoms with E-state index >= 15 is 0 Å². The van der Waals surface area contributed by atoms with Crippen LogP contribution in [0.4, 0.5) is 0 Å². The van der Waals surface area contributed by atoms with Crippen LogP contribution in [-0.2, 0) is 16.1 Å². The van der Waals surface area contributed by atoms with E-state index in [1.165, 1.54) is 0 Å². The Morgan fingerprint density at radius 3 is 2.52 bits per heavy atom. The predicted molar refractivity (Wildman–Crippen MR) is 75.3 cm³/mol. The second kappa shape index (κ2) is 5.76. The van der Waals surface area contributed by atoms with E-state index < -0.39 is 17.8 Å². The molecule has 1 aromatic rings. The molecule has 0 saturated heterocycles. The number of hydrogen-bond donors (Lipinski definition) is 1. The molecule has 112 valence electrons. The molecule has 5 heteroatoms. The first-order valence-electron chi connectivity index (χ1n) is 7.37. The summed E-state index contributed by atoms with van der Waals surface area (Å²) in [5.74, 6) is -1.26. The third kappa shape index (κ3) is 3.01. The minimum atomic E-state index is -0.883. The van der Waals surface area contributed by atoms with Crippen molar-refractivity contribution in [2.75, 3.05) is 0 Å². The number of amides is 1. The van der Waals surface area contributed by atoms with Gasteiger partial charge in [0.15, 0.2) is 0 Å². The fraction of sp³-hybridized carbons (Fsp3) is 0.500. The van der Waals surface area contributed by atoms with Crippen molar-refractivity contribution >= 4 is 11.9 Å². The maximum Gasteiger partial charge on any atom is 0.307 e. The van der Waals surface area contributed by atoms with Crippen LogP contribution in [0.25, 0.3) is 0 Å². The average molecular weight is 289 g/mol. The average Bonchev–Trinajstić information content (AvgIpc) is 3.20. The Kier molecular flexibility index (Phi) is 3.82. The van der Waals surface area contributed by atoms with Crippen LogP contribution >= 0.6 is 0 Å². The van der Waals surface area contributed by atoms with Gasteiger partial charge < -0.3 is 14.4 Å². The number of carboxylic acids is 1. The first-order valence-corrected chi connectivity index (χ1v) is 7.37. The van der Waals surface area contributed by atoms with Crippen LogP contribution in [0.1, 0.15) is 31.4 Å². The third-order valence-corrected chi connectivity index (χ3v) is 4.24. The van der Waals surface area contributed by atoms with Crippen molar-refractivity contribution < 1.29 is 19.1 Å². The van der Waals surface area contributed by atoms with E-state index in [-0.39, 0.29) is 11.9 Å². The van der Waals surface area contributed by atoms with Crippen molar-refractivity contribution in [2.45, 2.75) is 38.3 Å². The van der Waals surface area contributed by atoms with E-state index in [0.29, 0.717) is 19.4 Å². The van der Waals surface area contributed by atoms with E-state index in [1.807, 2.05) is 18.2 Å². The van der Waals surface area contributed by atoms with Gasteiger partial charge in [0, 0.05) is 6.04 Å². The zero-order chi connectivity index (χ0) is 14.8. The summed E-state index contributed by atoms with van der Waals surface area (Å²) < 4.78 is 5.33. The topological polar surface area (TPSA) is 70.8 Å². The van der Waals surface area contributed by atoms with E-state index in [2.05, 4.69) is 0 Å². The maximum atomic E-state index is 12.8. The monoisotopic (exact) mass is 289 g/mol. The van der Waals surface area contributed by atoms with Gasteiger partial charge in [0.1, 0.15) is 5.76 Å². The normalized spacial score (nSPS) is 24.8. The number of furan rings is 1. The molecular weight excluding hydrogens is 270 g/mol. The van der Waals surface area contributed by atoms with Gasteiger partial charge in [-0.3, -0.25) is 9.59 Å². The smallest absolute Gasteiger partial charge is 0.307 e. The van der Waals surface area contributed by atoms with E-state index in [9.17, 15) is 14.7 Å². The summed E-state index contributed by atoms with van der Waals surface area (Å²) in [6, 6.07) is 3.88. The molecule has 1 heterocycles. The van der Waals surface area contributed by atoms with Crippen molar-refractivity contribution in [3.63, 3.8) is 0 Å². The lowest BCUT2D eigenvalue weighted by Gasteiger charge is -2.30.